The van der Waals surface area contributed by atoms with E-state index in [2.05, 4.69) is 10.3 Å². The monoisotopic (exact) mass is 435 g/mol. The summed E-state index contributed by atoms with van der Waals surface area (Å²) in [6, 6.07) is 4.06. The number of benzene rings is 1. The highest BCUT2D eigenvalue weighted by molar-refractivity contribution is 7.18. The van der Waals surface area contributed by atoms with Crippen molar-refractivity contribution >= 4 is 44.7 Å². The zero-order chi connectivity index (χ0) is 21.7. The molecule has 12 nitrogen and oxygen atoms in total. The van der Waals surface area contributed by atoms with Gasteiger partial charge in [-0.15, -0.1) is 0 Å². The molecular formula is C17H17N5O7S. The zero-order valence-electron chi connectivity index (χ0n) is 15.6. The van der Waals surface area contributed by atoms with Crippen molar-refractivity contribution in [2.24, 2.45) is 0 Å². The summed E-state index contributed by atoms with van der Waals surface area (Å²) in [5.74, 6) is -1.64. The molecule has 0 spiro atoms. The molecule has 0 saturated carbocycles. The van der Waals surface area contributed by atoms with Crippen LogP contribution in [-0.2, 0) is 9.53 Å². The number of nitrogens with one attached hydrogen (secondary N) is 1. The first-order valence-corrected chi connectivity index (χ1v) is 9.77. The molecule has 30 heavy (non-hydrogen) atoms. The second kappa shape index (κ2) is 9.26. The van der Waals surface area contributed by atoms with Gasteiger partial charge >= 0.3 is 11.0 Å². The predicted molar refractivity (Wildman–Crippen MR) is 107 cm³/mol. The van der Waals surface area contributed by atoms with Crippen molar-refractivity contribution in [3.63, 3.8) is 0 Å². The molecule has 0 unspecified atom stereocenters. The Bertz CT molecular complexity index is 987. The van der Waals surface area contributed by atoms with Crippen LogP contribution in [0.1, 0.15) is 29.6 Å². The topological polar surface area (TPSA) is 158 Å². The Morgan fingerprint density at radius 2 is 1.90 bits per heavy atom. The highest BCUT2D eigenvalue weighted by atomic mass is 32.1. The summed E-state index contributed by atoms with van der Waals surface area (Å²) < 4.78 is 4.89. The Morgan fingerprint density at radius 1 is 1.17 bits per heavy atom. The summed E-state index contributed by atoms with van der Waals surface area (Å²) in [6.45, 7) is 0.743. The number of rotatable bonds is 7. The van der Waals surface area contributed by atoms with E-state index >= 15 is 0 Å². The number of carbonyl (C=O) groups excluding carboxylic acids is 2. The van der Waals surface area contributed by atoms with Crippen LogP contribution in [0.2, 0.25) is 0 Å². The molecule has 1 amide bonds. The lowest BCUT2D eigenvalue weighted by molar-refractivity contribution is -0.384. The average Bonchev–Trinajstić information content (AvgIpc) is 3.21. The molecule has 3 rings (SSSR count). The molecule has 158 valence electrons. The molecule has 1 saturated heterocycles. The number of esters is 1. The van der Waals surface area contributed by atoms with Gasteiger partial charge in [0.1, 0.15) is 11.9 Å². The van der Waals surface area contributed by atoms with E-state index in [1.54, 1.807) is 0 Å². The van der Waals surface area contributed by atoms with Gasteiger partial charge in [-0.3, -0.25) is 30.3 Å². The van der Waals surface area contributed by atoms with Crippen molar-refractivity contribution in [3.8, 4) is 0 Å². The normalized spacial score (nSPS) is 13.5. The zero-order valence-corrected chi connectivity index (χ0v) is 16.4. The van der Waals surface area contributed by atoms with Gasteiger partial charge in [-0.2, -0.15) is 0 Å². The van der Waals surface area contributed by atoms with Gasteiger partial charge in [0.05, 0.1) is 15.4 Å². The first-order valence-electron chi connectivity index (χ1n) is 8.95. The number of amides is 1. The second-order valence-electron chi connectivity index (χ2n) is 6.39. The molecule has 1 fully saturated rings. The van der Waals surface area contributed by atoms with E-state index in [0.717, 1.165) is 31.5 Å². The molecular weight excluding hydrogens is 418 g/mol. The molecule has 1 aromatic carbocycles. The first-order chi connectivity index (χ1) is 14.3. The van der Waals surface area contributed by atoms with E-state index < -0.39 is 28.3 Å². The van der Waals surface area contributed by atoms with Crippen LogP contribution >= 0.6 is 11.3 Å². The summed E-state index contributed by atoms with van der Waals surface area (Å²) in [6.07, 6.45) is 3.96. The average molecular weight is 435 g/mol. The van der Waals surface area contributed by atoms with Gasteiger partial charge in [0.2, 0.25) is 0 Å². The number of nitro benzene ring substituents is 1. The predicted octanol–water partition coefficient (Wildman–Crippen LogP) is 2.75. The van der Waals surface area contributed by atoms with E-state index in [4.69, 9.17) is 4.74 Å². The fraction of sp³-hybridized carbons (Fsp3) is 0.353. The summed E-state index contributed by atoms with van der Waals surface area (Å²) in [7, 11) is 0. The minimum absolute atomic E-state index is 0.00993. The van der Waals surface area contributed by atoms with Crippen molar-refractivity contribution in [2.45, 2.75) is 19.3 Å². The van der Waals surface area contributed by atoms with Crippen molar-refractivity contribution in [2.75, 3.05) is 29.9 Å². The second-order valence-corrected chi connectivity index (χ2v) is 7.40. The maximum Gasteiger partial charge on any atom is 0.345 e. The molecule has 13 heteroatoms. The van der Waals surface area contributed by atoms with E-state index in [-0.39, 0.29) is 21.4 Å². The third-order valence-corrected chi connectivity index (χ3v) is 5.22. The van der Waals surface area contributed by atoms with Gasteiger partial charge < -0.3 is 9.64 Å². The SMILES string of the molecule is O=C(COC(=O)c1ccc(N2CCCCC2)c([N+](=O)[O-])c1)Nc1ncc([N+](=O)[O-])s1. The van der Waals surface area contributed by atoms with Crippen molar-refractivity contribution < 1.29 is 24.2 Å². The number of carbonyl (C=O) groups is 2. The minimum Gasteiger partial charge on any atom is -0.452 e. The summed E-state index contributed by atoms with van der Waals surface area (Å²) >= 11 is 0.658. The third-order valence-electron chi connectivity index (χ3n) is 4.36. The van der Waals surface area contributed by atoms with Crippen LogP contribution in [0.3, 0.4) is 0 Å². The Balaban J connectivity index is 1.62. The van der Waals surface area contributed by atoms with Gasteiger partial charge in [-0.1, -0.05) is 0 Å². The lowest BCUT2D eigenvalue weighted by atomic mass is 10.1. The maximum absolute atomic E-state index is 12.2. The number of nitro groups is 2. The molecule has 2 heterocycles. The summed E-state index contributed by atoms with van der Waals surface area (Å²) in [5, 5.41) is 24.1. The number of nitrogens with zero attached hydrogens (tertiary/aromatic N) is 4. The quantitative estimate of drug-likeness (QED) is 0.392. The number of hydrogen-bond donors (Lipinski definition) is 1. The molecule has 0 radical (unpaired) electrons. The largest absolute Gasteiger partial charge is 0.452 e. The highest BCUT2D eigenvalue weighted by Crippen LogP contribution is 2.31. The van der Waals surface area contributed by atoms with Gasteiger partial charge in [0.25, 0.3) is 11.6 Å². The standard InChI is InChI=1S/C17H17N5O7S/c23-14(19-17-18-9-15(30-17)22(27)28)10-29-16(24)11-4-5-12(13(8-11)21(25)26)20-6-2-1-3-7-20/h4-5,8-9H,1-3,6-7,10H2,(H,18,19,23). The van der Waals surface area contributed by atoms with Crippen LogP contribution in [0, 0.1) is 20.2 Å². The van der Waals surface area contributed by atoms with Crippen LogP contribution in [0.4, 0.5) is 21.5 Å². The van der Waals surface area contributed by atoms with Crippen LogP contribution in [0.5, 0.6) is 0 Å². The molecule has 1 aromatic heterocycles. The molecule has 1 N–H and O–H groups in total. The van der Waals surface area contributed by atoms with Gasteiger partial charge in [-0.05, 0) is 42.7 Å². The maximum atomic E-state index is 12.2. The third kappa shape index (κ3) is 5.05. The van der Waals surface area contributed by atoms with Crippen LogP contribution < -0.4 is 10.2 Å². The van der Waals surface area contributed by atoms with Crippen molar-refractivity contribution in [1.82, 2.24) is 4.98 Å². The fourth-order valence-corrected chi connectivity index (χ4v) is 3.62. The number of thiazole rings is 1. The molecule has 2 aromatic rings. The number of aromatic nitrogens is 1. The molecule has 1 aliphatic heterocycles. The summed E-state index contributed by atoms with van der Waals surface area (Å²) in [4.78, 5) is 50.5. The molecule has 0 atom stereocenters. The molecule has 0 aliphatic carbocycles. The number of anilines is 2. The number of hydrogen-bond acceptors (Lipinski definition) is 10. The van der Waals surface area contributed by atoms with Crippen LogP contribution in [0.25, 0.3) is 0 Å². The van der Waals surface area contributed by atoms with Gasteiger partial charge in [-0.25, -0.2) is 9.78 Å². The van der Waals surface area contributed by atoms with E-state index in [1.165, 1.54) is 12.1 Å². The first kappa shape index (κ1) is 21.1. The summed E-state index contributed by atoms with van der Waals surface area (Å²) in [5.41, 5.74) is 0.186. The van der Waals surface area contributed by atoms with Gasteiger partial charge in [0.15, 0.2) is 11.7 Å². The van der Waals surface area contributed by atoms with Crippen molar-refractivity contribution in [3.05, 3.63) is 50.2 Å². The minimum atomic E-state index is -0.899. The van der Waals surface area contributed by atoms with Crippen molar-refractivity contribution in [1.29, 1.82) is 0 Å². The van der Waals surface area contributed by atoms with E-state index in [1.807, 2.05) is 4.90 Å². The lowest BCUT2D eigenvalue weighted by Gasteiger charge is -2.28. The number of ether oxygens (including phenoxy) is 1. The molecule has 1 aliphatic rings. The Morgan fingerprint density at radius 3 is 2.53 bits per heavy atom. The highest BCUT2D eigenvalue weighted by Gasteiger charge is 2.24. The smallest absolute Gasteiger partial charge is 0.345 e. The Hall–Kier alpha value is -3.61. The number of piperidine rings is 1. The Kier molecular flexibility index (Phi) is 6.51. The Labute approximate surface area is 173 Å². The molecule has 0 bridgehead atoms. The van der Waals surface area contributed by atoms with E-state index in [9.17, 15) is 29.8 Å². The lowest BCUT2D eigenvalue weighted by Crippen LogP contribution is -2.30. The van der Waals surface area contributed by atoms with Crippen LogP contribution in [0.15, 0.2) is 24.4 Å². The van der Waals surface area contributed by atoms with Crippen LogP contribution in [-0.4, -0.2) is 46.4 Å². The van der Waals surface area contributed by atoms with E-state index in [0.29, 0.717) is 30.1 Å². The fourth-order valence-electron chi connectivity index (χ4n) is 2.98. The van der Waals surface area contributed by atoms with Gasteiger partial charge in [0, 0.05) is 19.2 Å².